The van der Waals surface area contributed by atoms with Crippen molar-refractivity contribution in [2.75, 3.05) is 32.6 Å². The zero-order chi connectivity index (χ0) is 27.8. The number of methoxy groups -OCH3 is 1. The number of thioether (sulfide) groups is 1. The first-order valence-electron chi connectivity index (χ1n) is 12.8. The van der Waals surface area contributed by atoms with Gasteiger partial charge >= 0.3 is 0 Å². The second-order valence-electron chi connectivity index (χ2n) is 9.04. The van der Waals surface area contributed by atoms with Gasteiger partial charge in [0.2, 0.25) is 5.91 Å². The number of nitrogens with one attached hydrogen (secondary N) is 1. The lowest BCUT2D eigenvalue weighted by Gasteiger charge is -2.14. The molecule has 0 fully saturated rings. The summed E-state index contributed by atoms with van der Waals surface area (Å²) in [4.78, 5) is 29.0. The summed E-state index contributed by atoms with van der Waals surface area (Å²) >= 11 is 7.47. The molecule has 1 N–H and O–H groups in total. The van der Waals surface area contributed by atoms with Gasteiger partial charge in [-0.25, -0.2) is 0 Å². The van der Waals surface area contributed by atoms with Crippen molar-refractivity contribution in [3.8, 4) is 11.4 Å². The van der Waals surface area contributed by atoms with E-state index in [1.165, 1.54) is 11.8 Å². The lowest BCUT2D eigenvalue weighted by molar-refractivity contribution is -0.121. The molecule has 206 valence electrons. The Balaban J connectivity index is 1.49. The maximum atomic E-state index is 13.0. The number of nitrogens with zero attached hydrogens (tertiary/aromatic N) is 4. The average molecular weight is 570 g/mol. The van der Waals surface area contributed by atoms with Gasteiger partial charge in [-0.3, -0.25) is 19.1 Å². The third-order valence-electron chi connectivity index (χ3n) is 6.15. The Kier molecular flexibility index (Phi) is 10.1. The van der Waals surface area contributed by atoms with E-state index in [2.05, 4.69) is 15.5 Å². The summed E-state index contributed by atoms with van der Waals surface area (Å²) in [6, 6.07) is 12.7. The molecule has 1 atom stereocenters. The Morgan fingerprint density at radius 1 is 1.10 bits per heavy atom. The van der Waals surface area contributed by atoms with Crippen molar-refractivity contribution in [2.24, 2.45) is 4.99 Å². The molecule has 3 aromatic rings. The van der Waals surface area contributed by atoms with E-state index in [9.17, 15) is 9.59 Å². The second kappa shape index (κ2) is 13.7. The van der Waals surface area contributed by atoms with E-state index in [4.69, 9.17) is 26.1 Å². The van der Waals surface area contributed by atoms with Crippen LogP contribution in [0.2, 0.25) is 5.02 Å². The van der Waals surface area contributed by atoms with Gasteiger partial charge in [-0.05, 0) is 50.1 Å². The van der Waals surface area contributed by atoms with Crippen molar-refractivity contribution in [1.82, 2.24) is 20.1 Å². The Morgan fingerprint density at radius 2 is 1.87 bits per heavy atom. The summed E-state index contributed by atoms with van der Waals surface area (Å²) in [7, 11) is 1.62. The van der Waals surface area contributed by atoms with Crippen LogP contribution in [0.1, 0.15) is 55.0 Å². The maximum Gasteiger partial charge on any atom is 0.222 e. The van der Waals surface area contributed by atoms with E-state index in [0.29, 0.717) is 48.6 Å². The predicted octanol–water partition coefficient (Wildman–Crippen LogP) is 4.71. The second-order valence-corrected chi connectivity index (χ2v) is 10.7. The first-order chi connectivity index (χ1) is 18.9. The molecule has 0 saturated carbocycles. The number of aromatic nitrogens is 3. The predicted molar refractivity (Wildman–Crippen MR) is 153 cm³/mol. The molecule has 2 heterocycles. The van der Waals surface area contributed by atoms with Crippen molar-refractivity contribution in [3.05, 3.63) is 70.3 Å². The van der Waals surface area contributed by atoms with E-state index in [1.54, 1.807) is 14.0 Å². The highest BCUT2D eigenvalue weighted by Crippen LogP contribution is 2.34. The van der Waals surface area contributed by atoms with Crippen LogP contribution in [0.4, 0.5) is 0 Å². The van der Waals surface area contributed by atoms with Crippen LogP contribution in [-0.2, 0) is 14.3 Å². The number of hydrogen-bond acceptors (Lipinski definition) is 8. The van der Waals surface area contributed by atoms with Crippen molar-refractivity contribution in [2.45, 2.75) is 39.2 Å². The molecule has 0 aliphatic carbocycles. The molecule has 0 spiro atoms. The molecular weight excluding hydrogens is 538 g/mol. The molecule has 0 saturated heterocycles. The minimum absolute atomic E-state index is 0.115. The monoisotopic (exact) mass is 569 g/mol. The molecule has 11 heteroatoms. The molecule has 2 aromatic carbocycles. The summed E-state index contributed by atoms with van der Waals surface area (Å²) in [6.07, 6.45) is 1.63. The van der Waals surface area contributed by atoms with Gasteiger partial charge in [0.25, 0.3) is 0 Å². The van der Waals surface area contributed by atoms with Crippen LogP contribution in [0.25, 0.3) is 5.69 Å². The standard InChI is InChI=1S/C28H32ClN5O4S/c1-18-32-33-28-24(17-26(36)30-12-4-13-38-14-5-15-39-19(2)35)31-27(20-6-8-21(29)9-7-20)23-16-22(37-3)10-11-25(23)34(18)28/h6-11,16,24H,4-5,12-15,17H2,1-3H3,(H,30,36). The molecule has 1 unspecified atom stereocenters. The number of benzene rings is 2. The fourth-order valence-electron chi connectivity index (χ4n) is 4.31. The first kappa shape index (κ1) is 28.8. The lowest BCUT2D eigenvalue weighted by atomic mass is 10.00. The molecule has 0 radical (unpaired) electrons. The minimum atomic E-state index is -0.551. The van der Waals surface area contributed by atoms with Gasteiger partial charge in [0.1, 0.15) is 17.6 Å². The number of amides is 1. The summed E-state index contributed by atoms with van der Waals surface area (Å²) < 4.78 is 13.1. The number of halogens is 1. The minimum Gasteiger partial charge on any atom is -0.497 e. The maximum absolute atomic E-state index is 13.0. The number of hydrogen-bond donors (Lipinski definition) is 1. The highest BCUT2D eigenvalue weighted by Gasteiger charge is 2.30. The topological polar surface area (TPSA) is 108 Å². The Labute approximate surface area is 237 Å². The molecule has 9 nitrogen and oxygen atoms in total. The van der Waals surface area contributed by atoms with E-state index < -0.39 is 6.04 Å². The van der Waals surface area contributed by atoms with Gasteiger partial charge in [-0.2, -0.15) is 0 Å². The van der Waals surface area contributed by atoms with Gasteiger partial charge in [-0.15, -0.1) is 10.2 Å². The number of rotatable bonds is 12. The largest absolute Gasteiger partial charge is 0.497 e. The number of carbonyl (C=O) groups is 2. The molecule has 39 heavy (non-hydrogen) atoms. The molecular formula is C28H32ClN5O4S. The summed E-state index contributed by atoms with van der Waals surface area (Å²) in [6.45, 7) is 5.07. The SMILES string of the molecule is COc1ccc2c(c1)C(c1ccc(Cl)cc1)=NC(CC(=O)NCCCOCCCSC(C)=O)c1nnc(C)n1-2. The van der Waals surface area contributed by atoms with E-state index >= 15 is 0 Å². The number of ether oxygens (including phenoxy) is 2. The van der Waals surface area contributed by atoms with Crippen LogP contribution in [0.15, 0.2) is 47.5 Å². The fraction of sp³-hybridized carbons (Fsp3) is 0.393. The van der Waals surface area contributed by atoms with Crippen LogP contribution in [0.5, 0.6) is 5.75 Å². The summed E-state index contributed by atoms with van der Waals surface area (Å²) in [5, 5.41) is 12.4. The smallest absolute Gasteiger partial charge is 0.222 e. The third kappa shape index (κ3) is 7.46. The Hall–Kier alpha value is -3.21. The van der Waals surface area contributed by atoms with Crippen molar-refractivity contribution >= 4 is 40.1 Å². The number of aryl methyl sites for hydroxylation is 1. The van der Waals surface area contributed by atoms with E-state index in [1.807, 2.05) is 54.0 Å². The number of fused-ring (bicyclic) bond motifs is 3. The zero-order valence-corrected chi connectivity index (χ0v) is 23.8. The van der Waals surface area contributed by atoms with Gasteiger partial charge in [-0.1, -0.05) is 35.5 Å². The van der Waals surface area contributed by atoms with Gasteiger partial charge in [0, 0.05) is 48.6 Å². The van der Waals surface area contributed by atoms with Gasteiger partial charge in [0.15, 0.2) is 10.9 Å². The molecule has 0 bridgehead atoms. The first-order valence-corrected chi connectivity index (χ1v) is 14.2. The lowest BCUT2D eigenvalue weighted by Crippen LogP contribution is -2.27. The van der Waals surface area contributed by atoms with Crippen LogP contribution in [0, 0.1) is 6.92 Å². The molecule has 4 rings (SSSR count). The zero-order valence-electron chi connectivity index (χ0n) is 22.3. The van der Waals surface area contributed by atoms with Crippen LogP contribution < -0.4 is 10.1 Å². The Bertz CT molecular complexity index is 1340. The highest BCUT2D eigenvalue weighted by molar-refractivity contribution is 8.13. The fourth-order valence-corrected chi connectivity index (χ4v) is 4.98. The molecule has 1 aliphatic heterocycles. The number of carbonyl (C=O) groups excluding carboxylic acids is 2. The van der Waals surface area contributed by atoms with Crippen molar-refractivity contribution in [3.63, 3.8) is 0 Å². The van der Waals surface area contributed by atoms with Crippen LogP contribution >= 0.6 is 23.4 Å². The van der Waals surface area contributed by atoms with Crippen LogP contribution in [0.3, 0.4) is 0 Å². The average Bonchev–Trinajstić information content (AvgIpc) is 3.24. The van der Waals surface area contributed by atoms with E-state index in [-0.39, 0.29) is 17.4 Å². The Morgan fingerprint density at radius 3 is 2.62 bits per heavy atom. The van der Waals surface area contributed by atoms with Gasteiger partial charge in [0.05, 0.1) is 24.9 Å². The van der Waals surface area contributed by atoms with Crippen molar-refractivity contribution < 1.29 is 19.1 Å². The summed E-state index contributed by atoms with van der Waals surface area (Å²) in [5.41, 5.74) is 3.31. The highest BCUT2D eigenvalue weighted by atomic mass is 35.5. The normalized spacial score (nSPS) is 14.2. The molecule has 1 amide bonds. The number of aliphatic imine (C=N–C) groups is 1. The molecule has 1 aromatic heterocycles. The summed E-state index contributed by atoms with van der Waals surface area (Å²) in [5.74, 6) is 2.62. The van der Waals surface area contributed by atoms with Crippen LogP contribution in [-0.4, -0.2) is 64.1 Å². The molecule has 1 aliphatic rings. The van der Waals surface area contributed by atoms with E-state index in [0.717, 1.165) is 34.7 Å². The quantitative estimate of drug-likeness (QED) is 0.315. The van der Waals surface area contributed by atoms with Crippen molar-refractivity contribution in [1.29, 1.82) is 0 Å². The third-order valence-corrected chi connectivity index (χ3v) is 7.31. The van der Waals surface area contributed by atoms with Gasteiger partial charge < -0.3 is 14.8 Å².